The van der Waals surface area contributed by atoms with Crippen molar-refractivity contribution in [3.8, 4) is 0 Å². The van der Waals surface area contributed by atoms with Crippen molar-refractivity contribution in [1.29, 1.82) is 0 Å². The SMILES string of the molecule is CC(=O)c1c(SCc2ccccc2)c2cccc(F)c2[nH]c1=O. The van der Waals surface area contributed by atoms with Gasteiger partial charge in [0.2, 0.25) is 0 Å². The number of hydrogen-bond acceptors (Lipinski definition) is 3. The fraction of sp³-hybridized carbons (Fsp3) is 0.111. The molecule has 5 heteroatoms. The van der Waals surface area contributed by atoms with E-state index in [1.165, 1.54) is 24.8 Å². The zero-order valence-corrected chi connectivity index (χ0v) is 13.2. The molecule has 0 bridgehead atoms. The largest absolute Gasteiger partial charge is 0.319 e. The summed E-state index contributed by atoms with van der Waals surface area (Å²) in [5, 5.41) is 0.552. The van der Waals surface area contributed by atoms with Gasteiger partial charge in [-0.05, 0) is 18.6 Å². The highest BCUT2D eigenvalue weighted by Crippen LogP contribution is 2.32. The average Bonchev–Trinajstić information content (AvgIpc) is 2.54. The number of aromatic amines is 1. The summed E-state index contributed by atoms with van der Waals surface area (Å²) in [4.78, 5) is 27.1. The predicted octanol–water partition coefficient (Wildman–Crippen LogP) is 4.16. The molecule has 0 saturated carbocycles. The van der Waals surface area contributed by atoms with Crippen LogP contribution in [0.4, 0.5) is 4.39 Å². The number of H-pyrrole nitrogens is 1. The summed E-state index contributed by atoms with van der Waals surface area (Å²) in [6.07, 6.45) is 0. The lowest BCUT2D eigenvalue weighted by Crippen LogP contribution is -2.18. The lowest BCUT2D eigenvalue weighted by molar-refractivity contribution is 0.101. The van der Waals surface area contributed by atoms with Gasteiger partial charge in [0.15, 0.2) is 5.78 Å². The standard InChI is InChI=1S/C18H14FNO2S/c1-11(21)15-17(23-10-12-6-3-2-4-7-12)13-8-5-9-14(19)16(13)20-18(15)22/h2-9H,10H2,1H3,(H,20,22). The molecule has 1 heterocycles. The van der Waals surface area contributed by atoms with Crippen LogP contribution in [0.15, 0.2) is 58.2 Å². The Morgan fingerprint density at radius 1 is 1.13 bits per heavy atom. The van der Waals surface area contributed by atoms with Crippen LogP contribution in [-0.4, -0.2) is 10.8 Å². The van der Waals surface area contributed by atoms with Crippen LogP contribution < -0.4 is 5.56 Å². The Balaban J connectivity index is 2.16. The Morgan fingerprint density at radius 3 is 2.57 bits per heavy atom. The zero-order chi connectivity index (χ0) is 16.4. The van der Waals surface area contributed by atoms with Gasteiger partial charge in [-0.15, -0.1) is 11.8 Å². The van der Waals surface area contributed by atoms with Crippen LogP contribution in [0.2, 0.25) is 0 Å². The first-order valence-electron chi connectivity index (χ1n) is 7.10. The first-order valence-corrected chi connectivity index (χ1v) is 8.08. The van der Waals surface area contributed by atoms with E-state index in [2.05, 4.69) is 4.98 Å². The van der Waals surface area contributed by atoms with Crippen molar-refractivity contribution >= 4 is 28.4 Å². The lowest BCUT2D eigenvalue weighted by atomic mass is 10.1. The Labute approximate surface area is 136 Å². The minimum Gasteiger partial charge on any atom is -0.319 e. The van der Waals surface area contributed by atoms with E-state index in [1.54, 1.807) is 12.1 Å². The highest BCUT2D eigenvalue weighted by atomic mass is 32.2. The second-order valence-electron chi connectivity index (χ2n) is 5.15. The van der Waals surface area contributed by atoms with E-state index in [0.717, 1.165) is 5.56 Å². The van der Waals surface area contributed by atoms with E-state index in [-0.39, 0.29) is 16.9 Å². The maximum atomic E-state index is 14.0. The molecule has 0 aliphatic heterocycles. The highest BCUT2D eigenvalue weighted by molar-refractivity contribution is 7.98. The minimum absolute atomic E-state index is 0.0871. The van der Waals surface area contributed by atoms with Gasteiger partial charge in [-0.25, -0.2) is 4.39 Å². The van der Waals surface area contributed by atoms with Gasteiger partial charge in [-0.3, -0.25) is 9.59 Å². The summed E-state index contributed by atoms with van der Waals surface area (Å²) in [5.41, 5.74) is 0.740. The van der Waals surface area contributed by atoms with Crippen LogP contribution in [-0.2, 0) is 5.75 Å². The molecule has 0 saturated heterocycles. The van der Waals surface area contributed by atoms with Crippen molar-refractivity contribution in [1.82, 2.24) is 4.98 Å². The average molecular weight is 327 g/mol. The topological polar surface area (TPSA) is 49.9 Å². The summed E-state index contributed by atoms with van der Waals surface area (Å²) >= 11 is 1.37. The predicted molar refractivity (Wildman–Crippen MR) is 90.5 cm³/mol. The van der Waals surface area contributed by atoms with Crippen molar-refractivity contribution < 1.29 is 9.18 Å². The van der Waals surface area contributed by atoms with Gasteiger partial charge in [-0.2, -0.15) is 0 Å². The van der Waals surface area contributed by atoms with Crippen LogP contribution in [0, 0.1) is 5.82 Å². The Bertz CT molecular complexity index is 935. The molecule has 2 aromatic carbocycles. The number of fused-ring (bicyclic) bond motifs is 1. The molecule has 1 N–H and O–H groups in total. The second kappa shape index (κ2) is 6.38. The summed E-state index contributed by atoms with van der Waals surface area (Å²) in [5.74, 6) is -0.236. The molecule has 0 aliphatic rings. The number of thioether (sulfide) groups is 1. The van der Waals surface area contributed by atoms with Crippen LogP contribution in [0.3, 0.4) is 0 Å². The van der Waals surface area contributed by atoms with Gasteiger partial charge in [0.05, 0.1) is 11.1 Å². The Kier molecular flexibility index (Phi) is 4.30. The van der Waals surface area contributed by atoms with Gasteiger partial charge in [0, 0.05) is 16.0 Å². The van der Waals surface area contributed by atoms with Gasteiger partial charge in [0.25, 0.3) is 5.56 Å². The van der Waals surface area contributed by atoms with E-state index in [9.17, 15) is 14.0 Å². The monoisotopic (exact) mass is 327 g/mol. The number of rotatable bonds is 4. The molecular weight excluding hydrogens is 313 g/mol. The fourth-order valence-electron chi connectivity index (χ4n) is 2.45. The maximum Gasteiger partial charge on any atom is 0.260 e. The second-order valence-corrected chi connectivity index (χ2v) is 6.14. The molecule has 23 heavy (non-hydrogen) atoms. The summed E-state index contributed by atoms with van der Waals surface area (Å²) in [6.45, 7) is 1.35. The van der Waals surface area contributed by atoms with Gasteiger partial charge < -0.3 is 4.98 Å². The smallest absolute Gasteiger partial charge is 0.260 e. The van der Waals surface area contributed by atoms with Gasteiger partial charge in [-0.1, -0.05) is 42.5 Å². The molecule has 0 atom stereocenters. The van der Waals surface area contributed by atoms with Crippen LogP contribution in [0.1, 0.15) is 22.8 Å². The molecule has 3 rings (SSSR count). The van der Waals surface area contributed by atoms with E-state index in [0.29, 0.717) is 16.0 Å². The number of pyridine rings is 1. The number of halogens is 1. The van der Waals surface area contributed by atoms with Crippen molar-refractivity contribution in [3.63, 3.8) is 0 Å². The Hall–Kier alpha value is -2.40. The number of hydrogen-bond donors (Lipinski definition) is 1. The number of aromatic nitrogens is 1. The number of carbonyl (C=O) groups excluding carboxylic acids is 1. The summed E-state index contributed by atoms with van der Waals surface area (Å²) in [6, 6.07) is 14.3. The third-order valence-corrected chi connectivity index (χ3v) is 4.72. The minimum atomic E-state index is -0.550. The number of carbonyl (C=O) groups is 1. The number of ketones is 1. The normalized spacial score (nSPS) is 10.9. The number of benzene rings is 2. The first kappa shape index (κ1) is 15.5. The first-order chi connectivity index (χ1) is 11.1. The molecule has 116 valence electrons. The Morgan fingerprint density at radius 2 is 1.87 bits per heavy atom. The number of nitrogens with one attached hydrogen (secondary N) is 1. The molecule has 1 aromatic heterocycles. The molecule has 0 radical (unpaired) electrons. The quantitative estimate of drug-likeness (QED) is 0.578. The molecule has 0 spiro atoms. The summed E-state index contributed by atoms with van der Waals surface area (Å²) in [7, 11) is 0. The van der Waals surface area contributed by atoms with Crippen molar-refractivity contribution in [2.24, 2.45) is 0 Å². The molecule has 3 nitrogen and oxygen atoms in total. The van der Waals surface area contributed by atoms with E-state index >= 15 is 0 Å². The molecule has 3 aromatic rings. The van der Waals surface area contributed by atoms with E-state index in [4.69, 9.17) is 0 Å². The molecular formula is C18H14FNO2S. The highest BCUT2D eigenvalue weighted by Gasteiger charge is 2.18. The van der Waals surface area contributed by atoms with Crippen LogP contribution >= 0.6 is 11.8 Å². The molecule has 0 aliphatic carbocycles. The van der Waals surface area contributed by atoms with Crippen molar-refractivity contribution in [3.05, 3.63) is 75.8 Å². The van der Waals surface area contributed by atoms with Crippen LogP contribution in [0.25, 0.3) is 10.9 Å². The number of Topliss-reactive ketones (excluding diaryl/α,β-unsaturated/α-hetero) is 1. The van der Waals surface area contributed by atoms with Gasteiger partial charge in [0.1, 0.15) is 5.82 Å². The third kappa shape index (κ3) is 3.05. The molecule has 0 unspecified atom stereocenters. The van der Waals surface area contributed by atoms with Crippen molar-refractivity contribution in [2.75, 3.05) is 0 Å². The van der Waals surface area contributed by atoms with Crippen LogP contribution in [0.5, 0.6) is 0 Å². The fourth-order valence-corrected chi connectivity index (χ4v) is 3.66. The van der Waals surface area contributed by atoms with E-state index < -0.39 is 11.4 Å². The summed E-state index contributed by atoms with van der Waals surface area (Å²) < 4.78 is 14.0. The molecule has 0 amide bonds. The van der Waals surface area contributed by atoms with E-state index in [1.807, 2.05) is 30.3 Å². The zero-order valence-electron chi connectivity index (χ0n) is 12.4. The van der Waals surface area contributed by atoms with Crippen molar-refractivity contribution in [2.45, 2.75) is 17.6 Å². The van der Waals surface area contributed by atoms with Gasteiger partial charge >= 0.3 is 0 Å². The maximum absolute atomic E-state index is 14.0. The molecule has 0 fully saturated rings. The lowest BCUT2D eigenvalue weighted by Gasteiger charge is -2.11. The third-order valence-electron chi connectivity index (χ3n) is 3.53. The number of para-hydroxylation sites is 1.